The number of aromatic nitrogens is 2. The largest absolute Gasteiger partial charge is 0.484 e. The fourth-order valence-electron chi connectivity index (χ4n) is 5.21. The van der Waals surface area contributed by atoms with Gasteiger partial charge in [0, 0.05) is 56.8 Å². The number of aliphatic hydroxyl groups excluding tert-OH is 1. The maximum Gasteiger partial charge on any atom is 0.251 e. The second kappa shape index (κ2) is 13.8. The van der Waals surface area contributed by atoms with Crippen LogP contribution in [0.3, 0.4) is 0 Å². The molecule has 1 fully saturated rings. The number of aliphatic hydroxyl groups is 1. The number of rotatable bonds is 10. The Kier molecular flexibility index (Phi) is 10.5. The fourth-order valence-corrected chi connectivity index (χ4v) is 5.54. The van der Waals surface area contributed by atoms with Gasteiger partial charge in [-0.2, -0.15) is 13.5 Å². The lowest BCUT2D eigenvalue weighted by Crippen LogP contribution is -2.42. The number of oxazole rings is 1. The van der Waals surface area contributed by atoms with Crippen molar-refractivity contribution >= 4 is 36.8 Å². The first-order chi connectivity index (χ1) is 19.3. The molecule has 1 unspecified atom stereocenters. The van der Waals surface area contributed by atoms with Crippen molar-refractivity contribution in [3.8, 4) is 5.75 Å². The molecule has 3 aromatic rings. The first kappa shape index (κ1) is 31.0. The summed E-state index contributed by atoms with van der Waals surface area (Å²) in [4.78, 5) is 22.9. The minimum Gasteiger partial charge on any atom is -0.484 e. The molecule has 41 heavy (non-hydrogen) atoms. The van der Waals surface area contributed by atoms with Gasteiger partial charge in [0.1, 0.15) is 18.2 Å². The molecule has 0 radical (unpaired) electrons. The van der Waals surface area contributed by atoms with Crippen molar-refractivity contribution in [2.45, 2.75) is 63.3 Å². The maximum absolute atomic E-state index is 13.7. The topological polar surface area (TPSA) is 113 Å². The van der Waals surface area contributed by atoms with Crippen LogP contribution >= 0.6 is 25.1 Å². The number of pyridine rings is 1. The molecule has 2 atom stereocenters. The zero-order valence-corrected chi connectivity index (χ0v) is 24.2. The van der Waals surface area contributed by atoms with E-state index in [-0.39, 0.29) is 51.4 Å². The lowest BCUT2D eigenvalue weighted by molar-refractivity contribution is -0.0373. The van der Waals surface area contributed by atoms with Crippen LogP contribution in [0.4, 0.5) is 14.6 Å². The molecule has 1 aliphatic carbocycles. The summed E-state index contributed by atoms with van der Waals surface area (Å²) >= 11 is 6.61. The smallest absolute Gasteiger partial charge is 0.251 e. The van der Waals surface area contributed by atoms with Crippen LogP contribution in [0.15, 0.2) is 47.5 Å². The Labute approximate surface area is 249 Å². The lowest BCUT2D eigenvalue weighted by atomic mass is 9.92. The number of anilines is 1. The SMILES string of the molecule is O=C(NC[C@H](O)CN1CCc2c(ccc(OCc3cnco3)c2Cl)C1)c1ccnc(NC2CCCC(F)(F)C2)c1.S. The van der Waals surface area contributed by atoms with E-state index < -0.39 is 12.0 Å². The molecule has 1 aliphatic heterocycles. The van der Waals surface area contributed by atoms with Crippen LogP contribution in [-0.2, 0) is 19.6 Å². The lowest BCUT2D eigenvalue weighted by Gasteiger charge is -2.31. The Hall–Kier alpha value is -2.93. The van der Waals surface area contributed by atoms with Crippen LogP contribution in [0.25, 0.3) is 0 Å². The van der Waals surface area contributed by atoms with E-state index in [0.717, 1.165) is 11.1 Å². The van der Waals surface area contributed by atoms with Crippen molar-refractivity contribution < 1.29 is 27.8 Å². The molecular formula is C28H34ClF2N5O4S. The van der Waals surface area contributed by atoms with Crippen molar-refractivity contribution in [2.75, 3.05) is 25.0 Å². The van der Waals surface area contributed by atoms with E-state index in [9.17, 15) is 18.7 Å². The number of halogens is 3. The highest BCUT2D eigenvalue weighted by Gasteiger charge is 2.36. The van der Waals surface area contributed by atoms with Gasteiger partial charge in [-0.3, -0.25) is 9.69 Å². The quantitative estimate of drug-likeness (QED) is 0.307. The number of ether oxygens (including phenoxy) is 1. The number of alkyl halides is 2. The van der Waals surface area contributed by atoms with Crippen LogP contribution < -0.4 is 15.4 Å². The van der Waals surface area contributed by atoms with Crippen LogP contribution in [0.5, 0.6) is 5.75 Å². The number of fused-ring (bicyclic) bond motifs is 1. The highest BCUT2D eigenvalue weighted by atomic mass is 35.5. The van der Waals surface area contributed by atoms with E-state index in [4.69, 9.17) is 20.8 Å². The molecule has 2 aromatic heterocycles. The molecule has 1 aromatic carbocycles. The molecule has 222 valence electrons. The number of nitrogens with zero attached hydrogens (tertiary/aromatic N) is 3. The van der Waals surface area contributed by atoms with Gasteiger partial charge in [-0.25, -0.2) is 18.7 Å². The Bertz CT molecular complexity index is 1320. The minimum absolute atomic E-state index is 0. The predicted molar refractivity (Wildman–Crippen MR) is 155 cm³/mol. The number of amides is 1. The van der Waals surface area contributed by atoms with Gasteiger partial charge in [0.05, 0.1) is 17.3 Å². The Morgan fingerprint density at radius 3 is 2.98 bits per heavy atom. The Balaban J connectivity index is 0.00000387. The molecule has 2 aliphatic rings. The third kappa shape index (κ3) is 8.31. The Morgan fingerprint density at radius 1 is 1.34 bits per heavy atom. The number of benzene rings is 1. The normalized spacial score (nSPS) is 19.0. The molecule has 1 saturated carbocycles. The van der Waals surface area contributed by atoms with Crippen LogP contribution in [0.2, 0.25) is 5.02 Å². The summed E-state index contributed by atoms with van der Waals surface area (Å²) in [6.07, 6.45) is 5.06. The summed E-state index contributed by atoms with van der Waals surface area (Å²) in [6, 6.07) is 6.51. The zero-order valence-electron chi connectivity index (χ0n) is 22.4. The Morgan fingerprint density at radius 2 is 2.20 bits per heavy atom. The van der Waals surface area contributed by atoms with Gasteiger partial charge in [-0.1, -0.05) is 17.7 Å². The molecule has 0 saturated heterocycles. The maximum atomic E-state index is 13.7. The number of carbonyl (C=O) groups is 1. The van der Waals surface area contributed by atoms with Gasteiger partial charge in [0.25, 0.3) is 5.91 Å². The molecule has 1 amide bonds. The van der Waals surface area contributed by atoms with Crippen molar-refractivity contribution in [1.29, 1.82) is 0 Å². The number of carbonyl (C=O) groups excluding carboxylic acids is 1. The van der Waals surface area contributed by atoms with E-state index >= 15 is 0 Å². The molecule has 0 spiro atoms. The fraction of sp³-hybridized carbons (Fsp3) is 0.464. The number of nitrogens with one attached hydrogen (secondary N) is 2. The van der Waals surface area contributed by atoms with Crippen LogP contribution in [0, 0.1) is 0 Å². The van der Waals surface area contributed by atoms with Crippen LogP contribution in [-0.4, -0.2) is 63.6 Å². The third-order valence-corrected chi connectivity index (χ3v) is 7.63. The highest BCUT2D eigenvalue weighted by Crippen LogP contribution is 2.35. The number of hydrogen-bond donors (Lipinski definition) is 3. The van der Waals surface area contributed by atoms with Crippen molar-refractivity contribution in [3.05, 3.63) is 70.5 Å². The molecule has 9 nitrogen and oxygen atoms in total. The van der Waals surface area contributed by atoms with Gasteiger partial charge in [0.15, 0.2) is 12.2 Å². The molecule has 0 bridgehead atoms. The van der Waals surface area contributed by atoms with Gasteiger partial charge < -0.3 is 24.9 Å². The second-order valence-electron chi connectivity index (χ2n) is 10.3. The first-order valence-electron chi connectivity index (χ1n) is 13.4. The predicted octanol–water partition coefficient (Wildman–Crippen LogP) is 4.55. The van der Waals surface area contributed by atoms with Crippen molar-refractivity contribution in [1.82, 2.24) is 20.2 Å². The van der Waals surface area contributed by atoms with Gasteiger partial charge in [-0.15, -0.1) is 0 Å². The van der Waals surface area contributed by atoms with E-state index in [1.165, 1.54) is 12.6 Å². The summed E-state index contributed by atoms with van der Waals surface area (Å²) in [6.45, 7) is 1.99. The van der Waals surface area contributed by atoms with Crippen molar-refractivity contribution in [2.24, 2.45) is 0 Å². The highest BCUT2D eigenvalue weighted by molar-refractivity contribution is 7.59. The monoisotopic (exact) mass is 609 g/mol. The van der Waals surface area contributed by atoms with E-state index in [1.807, 2.05) is 12.1 Å². The van der Waals surface area contributed by atoms with Crippen molar-refractivity contribution in [3.63, 3.8) is 0 Å². The zero-order chi connectivity index (χ0) is 28.1. The molecule has 3 N–H and O–H groups in total. The summed E-state index contributed by atoms with van der Waals surface area (Å²) in [5.41, 5.74) is 2.43. The summed E-state index contributed by atoms with van der Waals surface area (Å²) in [7, 11) is 0. The van der Waals surface area contributed by atoms with E-state index in [1.54, 1.807) is 18.3 Å². The molecule has 5 rings (SSSR count). The average Bonchev–Trinajstić information content (AvgIpc) is 3.45. The number of hydrogen-bond acceptors (Lipinski definition) is 8. The second-order valence-corrected chi connectivity index (χ2v) is 10.7. The minimum atomic E-state index is -2.68. The summed E-state index contributed by atoms with van der Waals surface area (Å²) < 4.78 is 38.4. The van der Waals surface area contributed by atoms with E-state index in [2.05, 4.69) is 25.5 Å². The standard InChI is InChI=1S/C28H32ClF2N5O4.H2S/c29-26-23-6-9-36(14-19(23)3-4-24(26)39-16-22-13-32-17-40-22)15-21(37)12-34-27(38)18-5-8-33-25(10-18)35-20-2-1-7-28(30,31)11-20;/h3-5,8,10,13,17,20-21,37H,1-2,6-7,9,11-12,14-16H2,(H,33,35)(H,34,38);1H2/t20?,21-;/m0./s1. The molecule has 13 heteroatoms. The first-order valence-corrected chi connectivity index (χ1v) is 13.7. The molecule has 3 heterocycles. The van der Waals surface area contributed by atoms with Gasteiger partial charge >= 0.3 is 0 Å². The number of β-amino-alcohol motifs (C(OH)–C–C–N with tert-alkyl or cyclic N) is 1. The van der Waals surface area contributed by atoms with Gasteiger partial charge in [0.2, 0.25) is 5.92 Å². The van der Waals surface area contributed by atoms with E-state index in [0.29, 0.717) is 66.8 Å². The third-order valence-electron chi connectivity index (χ3n) is 7.21. The van der Waals surface area contributed by atoms with Gasteiger partial charge in [-0.05, 0) is 48.6 Å². The summed E-state index contributed by atoms with van der Waals surface area (Å²) in [5, 5.41) is 17.0. The van der Waals surface area contributed by atoms with Crippen LogP contribution in [0.1, 0.15) is 52.9 Å². The average molecular weight is 610 g/mol. The summed E-state index contributed by atoms with van der Waals surface area (Å²) in [5.74, 6) is -1.48. The molecular weight excluding hydrogens is 576 g/mol.